The van der Waals surface area contributed by atoms with E-state index in [2.05, 4.69) is 10.6 Å². The maximum absolute atomic E-state index is 12.3. The number of carbonyl (C=O) groups excluding carboxylic acids is 2. The van der Waals surface area contributed by atoms with Gasteiger partial charge >= 0.3 is 0 Å². The van der Waals surface area contributed by atoms with E-state index in [1.54, 1.807) is 0 Å². The molecule has 108 valence electrons. The Morgan fingerprint density at radius 3 is 2.74 bits per heavy atom. The maximum atomic E-state index is 12.3. The summed E-state index contributed by atoms with van der Waals surface area (Å²) in [5, 5.41) is 6.26. The van der Waals surface area contributed by atoms with Crippen LogP contribution in [0.2, 0.25) is 0 Å². The Balaban J connectivity index is 1.75. The van der Waals surface area contributed by atoms with Crippen LogP contribution in [-0.2, 0) is 9.59 Å². The first-order valence-electron chi connectivity index (χ1n) is 7.40. The van der Waals surface area contributed by atoms with E-state index in [-0.39, 0.29) is 23.9 Å². The van der Waals surface area contributed by atoms with Gasteiger partial charge < -0.3 is 15.5 Å². The molecule has 0 aromatic rings. The van der Waals surface area contributed by atoms with Crippen molar-refractivity contribution in [1.82, 2.24) is 15.5 Å². The van der Waals surface area contributed by atoms with Crippen LogP contribution in [0.1, 0.15) is 46.0 Å². The topological polar surface area (TPSA) is 61.4 Å². The van der Waals surface area contributed by atoms with Crippen molar-refractivity contribution in [3.63, 3.8) is 0 Å². The molecule has 1 aliphatic carbocycles. The van der Waals surface area contributed by atoms with Crippen molar-refractivity contribution in [3.05, 3.63) is 0 Å². The van der Waals surface area contributed by atoms with Gasteiger partial charge in [-0.25, -0.2) is 0 Å². The van der Waals surface area contributed by atoms with E-state index < -0.39 is 0 Å². The number of nitrogens with zero attached hydrogens (tertiary/aromatic N) is 1. The van der Waals surface area contributed by atoms with E-state index in [1.165, 1.54) is 12.8 Å². The molecule has 0 bridgehead atoms. The van der Waals surface area contributed by atoms with Gasteiger partial charge in [-0.1, -0.05) is 0 Å². The molecule has 5 nitrogen and oxygen atoms in total. The largest absolute Gasteiger partial charge is 0.354 e. The predicted molar refractivity (Wildman–Crippen MR) is 73.7 cm³/mol. The van der Waals surface area contributed by atoms with E-state index in [4.69, 9.17) is 0 Å². The fourth-order valence-electron chi connectivity index (χ4n) is 2.48. The molecule has 5 heteroatoms. The van der Waals surface area contributed by atoms with Crippen LogP contribution in [0.3, 0.4) is 0 Å². The van der Waals surface area contributed by atoms with Crippen LogP contribution < -0.4 is 10.6 Å². The monoisotopic (exact) mass is 267 g/mol. The molecule has 0 aromatic heterocycles. The van der Waals surface area contributed by atoms with Crippen molar-refractivity contribution in [2.75, 3.05) is 13.1 Å². The van der Waals surface area contributed by atoms with E-state index >= 15 is 0 Å². The number of nitrogens with one attached hydrogen (secondary N) is 2. The number of rotatable bonds is 6. The van der Waals surface area contributed by atoms with Gasteiger partial charge in [-0.15, -0.1) is 0 Å². The van der Waals surface area contributed by atoms with E-state index in [0.29, 0.717) is 19.0 Å². The molecule has 2 rings (SSSR count). The molecule has 19 heavy (non-hydrogen) atoms. The van der Waals surface area contributed by atoms with Crippen LogP contribution >= 0.6 is 0 Å². The summed E-state index contributed by atoms with van der Waals surface area (Å²) in [5.41, 5.74) is 0. The van der Waals surface area contributed by atoms with Gasteiger partial charge in [-0.2, -0.15) is 0 Å². The zero-order valence-corrected chi connectivity index (χ0v) is 11.9. The SMILES string of the molecule is CC(C)NC(=O)CCN1CCCC(NC2CC2)C1=O. The molecule has 1 aliphatic heterocycles. The molecule has 0 spiro atoms. The Bertz CT molecular complexity index is 340. The van der Waals surface area contributed by atoms with Gasteiger partial charge in [0.1, 0.15) is 0 Å². The quantitative estimate of drug-likeness (QED) is 0.742. The Morgan fingerprint density at radius 2 is 2.11 bits per heavy atom. The molecule has 1 heterocycles. The second kappa shape index (κ2) is 6.37. The van der Waals surface area contributed by atoms with Crippen LogP contribution in [0.25, 0.3) is 0 Å². The van der Waals surface area contributed by atoms with Gasteiger partial charge in [0, 0.05) is 31.6 Å². The molecule has 1 saturated carbocycles. The molecule has 2 aliphatic rings. The molecule has 2 N–H and O–H groups in total. The van der Waals surface area contributed by atoms with Crippen LogP contribution in [0.4, 0.5) is 0 Å². The smallest absolute Gasteiger partial charge is 0.239 e. The summed E-state index contributed by atoms with van der Waals surface area (Å²) in [6.07, 6.45) is 4.76. The molecule has 1 saturated heterocycles. The van der Waals surface area contributed by atoms with Gasteiger partial charge in [0.15, 0.2) is 0 Å². The van der Waals surface area contributed by atoms with Crippen molar-refractivity contribution in [1.29, 1.82) is 0 Å². The normalized spacial score (nSPS) is 23.8. The van der Waals surface area contributed by atoms with E-state index in [9.17, 15) is 9.59 Å². The lowest BCUT2D eigenvalue weighted by Crippen LogP contribution is -2.52. The molecule has 0 radical (unpaired) electrons. The van der Waals surface area contributed by atoms with Gasteiger partial charge in [0.05, 0.1) is 6.04 Å². The van der Waals surface area contributed by atoms with E-state index in [1.807, 2.05) is 18.7 Å². The highest BCUT2D eigenvalue weighted by Crippen LogP contribution is 2.22. The number of piperidine rings is 1. The standard InChI is InChI=1S/C14H25N3O2/c1-10(2)15-13(18)7-9-17-8-3-4-12(14(17)19)16-11-5-6-11/h10-12,16H,3-9H2,1-2H3,(H,15,18). The Hall–Kier alpha value is -1.10. The lowest BCUT2D eigenvalue weighted by Gasteiger charge is -2.32. The van der Waals surface area contributed by atoms with Crippen molar-refractivity contribution < 1.29 is 9.59 Å². The summed E-state index contributed by atoms with van der Waals surface area (Å²) in [4.78, 5) is 25.7. The Labute approximate surface area is 115 Å². The fraction of sp³-hybridized carbons (Fsp3) is 0.857. The minimum absolute atomic E-state index is 0.0191. The number of carbonyl (C=O) groups is 2. The maximum Gasteiger partial charge on any atom is 0.239 e. The van der Waals surface area contributed by atoms with Crippen LogP contribution in [0, 0.1) is 0 Å². The van der Waals surface area contributed by atoms with Gasteiger partial charge in [0.2, 0.25) is 11.8 Å². The zero-order chi connectivity index (χ0) is 13.8. The number of hydrogen-bond acceptors (Lipinski definition) is 3. The summed E-state index contributed by atoms with van der Waals surface area (Å²) < 4.78 is 0. The summed E-state index contributed by atoms with van der Waals surface area (Å²) in [6.45, 7) is 5.22. The molecular formula is C14H25N3O2. The van der Waals surface area contributed by atoms with Crippen molar-refractivity contribution in [3.8, 4) is 0 Å². The minimum Gasteiger partial charge on any atom is -0.354 e. The second-order valence-electron chi connectivity index (χ2n) is 5.93. The van der Waals surface area contributed by atoms with Crippen LogP contribution in [0.5, 0.6) is 0 Å². The van der Waals surface area contributed by atoms with Gasteiger partial charge in [-0.05, 0) is 39.5 Å². The number of likely N-dealkylation sites (tertiary alicyclic amines) is 1. The van der Waals surface area contributed by atoms with Crippen molar-refractivity contribution in [2.24, 2.45) is 0 Å². The summed E-state index contributed by atoms with van der Waals surface area (Å²) in [5.74, 6) is 0.204. The third-order valence-electron chi connectivity index (χ3n) is 3.60. The Kier molecular flexibility index (Phi) is 4.80. The third-order valence-corrected chi connectivity index (χ3v) is 3.60. The van der Waals surface area contributed by atoms with E-state index in [0.717, 1.165) is 19.4 Å². The summed E-state index contributed by atoms with van der Waals surface area (Å²) in [6, 6.07) is 0.696. The summed E-state index contributed by atoms with van der Waals surface area (Å²) >= 11 is 0. The Morgan fingerprint density at radius 1 is 1.37 bits per heavy atom. The highest BCUT2D eigenvalue weighted by atomic mass is 16.2. The van der Waals surface area contributed by atoms with Gasteiger partial charge in [-0.3, -0.25) is 9.59 Å². The summed E-state index contributed by atoms with van der Waals surface area (Å²) in [7, 11) is 0. The fourth-order valence-corrected chi connectivity index (χ4v) is 2.48. The first-order valence-corrected chi connectivity index (χ1v) is 7.40. The minimum atomic E-state index is -0.0191. The van der Waals surface area contributed by atoms with Gasteiger partial charge in [0.25, 0.3) is 0 Å². The van der Waals surface area contributed by atoms with Crippen LogP contribution in [-0.4, -0.2) is 47.9 Å². The second-order valence-corrected chi connectivity index (χ2v) is 5.93. The van der Waals surface area contributed by atoms with Crippen molar-refractivity contribution >= 4 is 11.8 Å². The predicted octanol–water partition coefficient (Wildman–Crippen LogP) is 0.644. The molecular weight excluding hydrogens is 242 g/mol. The molecule has 0 aromatic carbocycles. The number of amides is 2. The first kappa shape index (κ1) is 14.3. The lowest BCUT2D eigenvalue weighted by atomic mass is 10.0. The zero-order valence-electron chi connectivity index (χ0n) is 11.9. The molecule has 1 unspecified atom stereocenters. The molecule has 2 fully saturated rings. The highest BCUT2D eigenvalue weighted by molar-refractivity contribution is 5.83. The van der Waals surface area contributed by atoms with Crippen molar-refractivity contribution in [2.45, 2.75) is 64.1 Å². The average Bonchev–Trinajstić information content (AvgIpc) is 3.13. The average molecular weight is 267 g/mol. The van der Waals surface area contributed by atoms with Crippen LogP contribution in [0.15, 0.2) is 0 Å². The lowest BCUT2D eigenvalue weighted by molar-refractivity contribution is -0.136. The third kappa shape index (κ3) is 4.49. The molecule has 1 atom stereocenters. The first-order chi connectivity index (χ1) is 9.06. The molecule has 2 amide bonds. The number of hydrogen-bond donors (Lipinski definition) is 2. The highest BCUT2D eigenvalue weighted by Gasteiger charge is 2.33.